The Morgan fingerprint density at radius 1 is 0.758 bits per heavy atom. The van der Waals surface area contributed by atoms with Crippen molar-refractivity contribution in [3.05, 3.63) is 107 Å². The fraction of sp³-hybridized carbons (Fsp3) is 0.185. The molecule has 33 heavy (non-hydrogen) atoms. The third-order valence-corrected chi connectivity index (χ3v) is 5.97. The lowest BCUT2D eigenvalue weighted by molar-refractivity contribution is -0.137. The molecule has 0 radical (unpaired) electrons. The van der Waals surface area contributed by atoms with Gasteiger partial charge < -0.3 is 5.32 Å². The average Bonchev–Trinajstić information content (AvgIpc) is 2.77. The van der Waals surface area contributed by atoms with Crippen molar-refractivity contribution in [3.8, 4) is 11.1 Å². The van der Waals surface area contributed by atoms with E-state index in [4.69, 9.17) is 11.6 Å². The molecule has 2 atom stereocenters. The van der Waals surface area contributed by atoms with Gasteiger partial charge in [0.15, 0.2) is 0 Å². The van der Waals surface area contributed by atoms with Crippen LogP contribution in [-0.4, -0.2) is 0 Å². The van der Waals surface area contributed by atoms with Gasteiger partial charge in [-0.25, -0.2) is 0 Å². The van der Waals surface area contributed by atoms with Gasteiger partial charge in [0, 0.05) is 17.1 Å². The van der Waals surface area contributed by atoms with E-state index in [9.17, 15) is 13.2 Å². The summed E-state index contributed by atoms with van der Waals surface area (Å²) in [5, 5.41) is 6.17. The lowest BCUT2D eigenvalue weighted by atomic mass is 9.92. The fourth-order valence-electron chi connectivity index (χ4n) is 4.03. The second-order valence-corrected chi connectivity index (χ2v) is 8.47. The average molecular weight is 490 g/mol. The maximum atomic E-state index is 13.3. The first-order chi connectivity index (χ1) is 15.2. The van der Waals surface area contributed by atoms with E-state index in [0.717, 1.165) is 33.5 Å². The molecule has 0 amide bonds. The van der Waals surface area contributed by atoms with Crippen LogP contribution in [0.25, 0.3) is 21.9 Å². The molecule has 0 saturated carbocycles. The lowest BCUT2D eigenvalue weighted by Gasteiger charge is -2.22. The largest absolute Gasteiger partial charge is 0.416 e. The van der Waals surface area contributed by atoms with Gasteiger partial charge in [0.05, 0.1) is 5.56 Å². The van der Waals surface area contributed by atoms with Crippen molar-refractivity contribution in [2.45, 2.75) is 32.1 Å². The van der Waals surface area contributed by atoms with Crippen LogP contribution in [-0.2, 0) is 6.18 Å². The zero-order valence-corrected chi connectivity index (χ0v) is 19.7. The molecule has 4 rings (SSSR count). The molecule has 0 aromatic heterocycles. The summed E-state index contributed by atoms with van der Waals surface area (Å²) >= 11 is 6.13. The maximum absolute atomic E-state index is 13.3. The number of fused-ring (bicyclic) bond motifs is 1. The lowest BCUT2D eigenvalue weighted by Crippen LogP contribution is -2.22. The maximum Gasteiger partial charge on any atom is 0.416 e. The van der Waals surface area contributed by atoms with Crippen molar-refractivity contribution in [3.63, 3.8) is 0 Å². The molecule has 0 aliphatic heterocycles. The van der Waals surface area contributed by atoms with Crippen LogP contribution in [0.5, 0.6) is 0 Å². The van der Waals surface area contributed by atoms with Crippen LogP contribution >= 0.6 is 24.0 Å². The van der Waals surface area contributed by atoms with Crippen LogP contribution in [0, 0.1) is 0 Å². The van der Waals surface area contributed by atoms with E-state index < -0.39 is 11.7 Å². The highest BCUT2D eigenvalue weighted by Crippen LogP contribution is 2.36. The van der Waals surface area contributed by atoms with Crippen molar-refractivity contribution in [1.29, 1.82) is 0 Å². The Morgan fingerprint density at radius 2 is 1.45 bits per heavy atom. The number of alkyl halides is 3. The van der Waals surface area contributed by atoms with Gasteiger partial charge in [-0.05, 0) is 83.3 Å². The summed E-state index contributed by atoms with van der Waals surface area (Å²) in [5.74, 6) is 0. The highest BCUT2D eigenvalue weighted by Gasteiger charge is 2.30. The van der Waals surface area contributed by atoms with Gasteiger partial charge in [-0.2, -0.15) is 13.2 Å². The third kappa shape index (κ3) is 5.70. The molecule has 1 nitrogen and oxygen atoms in total. The minimum absolute atomic E-state index is 0. The second kappa shape index (κ2) is 10.2. The zero-order valence-electron chi connectivity index (χ0n) is 18.2. The Morgan fingerprint density at radius 3 is 2.18 bits per heavy atom. The van der Waals surface area contributed by atoms with E-state index in [-0.39, 0.29) is 24.5 Å². The molecule has 0 bridgehead atoms. The molecule has 4 aromatic rings. The van der Waals surface area contributed by atoms with Gasteiger partial charge >= 0.3 is 6.18 Å². The minimum Gasteiger partial charge on any atom is -0.304 e. The van der Waals surface area contributed by atoms with E-state index >= 15 is 0 Å². The number of rotatable bonds is 5. The van der Waals surface area contributed by atoms with Crippen molar-refractivity contribution in [2.24, 2.45) is 0 Å². The van der Waals surface area contributed by atoms with Crippen molar-refractivity contribution >= 4 is 34.8 Å². The van der Waals surface area contributed by atoms with E-state index in [1.165, 1.54) is 12.1 Å². The second-order valence-electron chi connectivity index (χ2n) is 8.03. The molecule has 1 unspecified atom stereocenters. The first kappa shape index (κ1) is 25.1. The molecular weight excluding hydrogens is 466 g/mol. The predicted molar refractivity (Wildman–Crippen MR) is 133 cm³/mol. The van der Waals surface area contributed by atoms with Gasteiger partial charge in [0.25, 0.3) is 0 Å². The summed E-state index contributed by atoms with van der Waals surface area (Å²) in [5.41, 5.74) is 2.76. The van der Waals surface area contributed by atoms with Gasteiger partial charge in [-0.15, -0.1) is 12.4 Å². The summed E-state index contributed by atoms with van der Waals surface area (Å²) in [4.78, 5) is 0. The molecule has 1 N–H and O–H groups in total. The summed E-state index contributed by atoms with van der Waals surface area (Å²) < 4.78 is 40.0. The quantitative estimate of drug-likeness (QED) is 0.294. The normalized spacial score (nSPS) is 13.4. The van der Waals surface area contributed by atoms with Crippen LogP contribution in [0.15, 0.2) is 84.9 Å². The molecule has 0 saturated heterocycles. The Kier molecular flexibility index (Phi) is 7.73. The van der Waals surface area contributed by atoms with E-state index in [1.807, 2.05) is 54.6 Å². The number of hydrogen-bond donors (Lipinski definition) is 1. The van der Waals surface area contributed by atoms with Gasteiger partial charge in [-0.1, -0.05) is 60.1 Å². The number of halogens is 5. The van der Waals surface area contributed by atoms with E-state index in [2.05, 4.69) is 25.2 Å². The summed E-state index contributed by atoms with van der Waals surface area (Å²) in [6.07, 6.45) is -4.38. The fourth-order valence-corrected chi connectivity index (χ4v) is 4.23. The van der Waals surface area contributed by atoms with E-state index in [0.29, 0.717) is 10.6 Å². The smallest absolute Gasteiger partial charge is 0.304 e. The van der Waals surface area contributed by atoms with Gasteiger partial charge in [0.1, 0.15) is 0 Å². The van der Waals surface area contributed by atoms with Crippen molar-refractivity contribution in [2.75, 3.05) is 0 Å². The van der Waals surface area contributed by atoms with Crippen LogP contribution in [0.2, 0.25) is 5.02 Å². The van der Waals surface area contributed by atoms with Crippen LogP contribution in [0.1, 0.15) is 42.6 Å². The number of benzene rings is 4. The third-order valence-electron chi connectivity index (χ3n) is 5.73. The molecule has 0 fully saturated rings. The molecular formula is C27H24Cl2F3N. The van der Waals surface area contributed by atoms with Gasteiger partial charge in [-0.3, -0.25) is 0 Å². The summed E-state index contributed by atoms with van der Waals surface area (Å²) in [6, 6.07) is 25.1. The Balaban J connectivity index is 0.00000306. The Labute approximate surface area is 203 Å². The first-order valence-corrected chi connectivity index (χ1v) is 10.8. The van der Waals surface area contributed by atoms with Crippen LogP contribution in [0.4, 0.5) is 13.2 Å². The molecule has 0 heterocycles. The van der Waals surface area contributed by atoms with Crippen molar-refractivity contribution in [1.82, 2.24) is 5.32 Å². The SMILES string of the molecule is CC(N[C@H](C)c1cccc(Cl)c1)c1cc(-c2cccc(C(F)(F)F)c2)c2ccccc2c1.Cl. The Hall–Kier alpha value is -2.53. The summed E-state index contributed by atoms with van der Waals surface area (Å²) in [7, 11) is 0. The number of nitrogens with one attached hydrogen (secondary N) is 1. The highest BCUT2D eigenvalue weighted by atomic mass is 35.5. The van der Waals surface area contributed by atoms with Crippen molar-refractivity contribution < 1.29 is 13.2 Å². The molecule has 172 valence electrons. The highest BCUT2D eigenvalue weighted by molar-refractivity contribution is 6.30. The monoisotopic (exact) mass is 489 g/mol. The topological polar surface area (TPSA) is 12.0 Å². The Bertz CT molecular complexity index is 1250. The molecule has 0 spiro atoms. The first-order valence-electron chi connectivity index (χ1n) is 10.4. The molecule has 6 heteroatoms. The molecule has 4 aromatic carbocycles. The standard InChI is InChI=1S/C27H23ClF3N.ClH/c1-17(19-8-6-11-24(28)15-19)32-18(2)22-13-20-7-3-4-12-25(20)26(16-22)21-9-5-10-23(14-21)27(29,30)31;/h3-18,32H,1-2H3;1H/t17-,18?;/m1./s1. The summed E-state index contributed by atoms with van der Waals surface area (Å²) in [6.45, 7) is 4.12. The van der Waals surface area contributed by atoms with Crippen LogP contribution in [0.3, 0.4) is 0 Å². The zero-order chi connectivity index (χ0) is 22.9. The minimum atomic E-state index is -4.38. The molecule has 0 aliphatic carbocycles. The number of hydrogen-bond acceptors (Lipinski definition) is 1. The molecule has 0 aliphatic rings. The van der Waals surface area contributed by atoms with Crippen LogP contribution < -0.4 is 5.32 Å². The predicted octanol–water partition coefficient (Wildman–Crippen LogP) is 9.01. The van der Waals surface area contributed by atoms with E-state index in [1.54, 1.807) is 6.07 Å². The van der Waals surface area contributed by atoms with Gasteiger partial charge in [0.2, 0.25) is 0 Å².